The van der Waals surface area contributed by atoms with Crippen molar-refractivity contribution >= 4 is 22.7 Å². The predicted octanol–water partition coefficient (Wildman–Crippen LogP) is 4.52. The van der Waals surface area contributed by atoms with Crippen LogP contribution in [-0.2, 0) is 4.79 Å². The minimum absolute atomic E-state index is 0.112. The number of benzene rings is 2. The molecular formula is C22H21F3N2O3. The van der Waals surface area contributed by atoms with Crippen molar-refractivity contribution in [2.45, 2.75) is 39.0 Å². The summed E-state index contributed by atoms with van der Waals surface area (Å²) in [5.74, 6) is -5.09. The van der Waals surface area contributed by atoms with Gasteiger partial charge in [0.2, 0.25) is 5.91 Å². The van der Waals surface area contributed by atoms with Gasteiger partial charge in [-0.15, -0.1) is 0 Å². The van der Waals surface area contributed by atoms with Gasteiger partial charge in [0.05, 0.1) is 5.52 Å². The molecule has 2 aromatic carbocycles. The molecule has 0 saturated carbocycles. The highest BCUT2D eigenvalue weighted by Crippen LogP contribution is 2.38. The number of nitrogens with zero attached hydrogens (tertiary/aromatic N) is 1. The number of nitrogens with two attached hydrogens (primary N) is 1. The Balaban J connectivity index is 2.24. The minimum atomic E-state index is -1.17. The van der Waals surface area contributed by atoms with Crippen molar-refractivity contribution in [3.63, 3.8) is 0 Å². The first-order valence-electron chi connectivity index (χ1n) is 9.47. The maximum Gasteiger partial charge on any atom is 0.262 e. The van der Waals surface area contributed by atoms with E-state index in [4.69, 9.17) is 5.73 Å². The van der Waals surface area contributed by atoms with Crippen LogP contribution in [0.5, 0.6) is 5.75 Å². The Kier molecular flexibility index (Phi) is 5.87. The first-order chi connectivity index (χ1) is 14.1. The van der Waals surface area contributed by atoms with E-state index in [2.05, 4.69) is 0 Å². The van der Waals surface area contributed by atoms with Crippen LogP contribution in [0.4, 0.5) is 13.2 Å². The van der Waals surface area contributed by atoms with Gasteiger partial charge in [0.25, 0.3) is 5.91 Å². The lowest BCUT2D eigenvalue weighted by Gasteiger charge is -2.16. The Morgan fingerprint density at radius 1 is 1.10 bits per heavy atom. The lowest BCUT2D eigenvalue weighted by Crippen LogP contribution is -2.15. The second-order valence-electron chi connectivity index (χ2n) is 7.20. The fourth-order valence-corrected chi connectivity index (χ4v) is 3.85. The number of fused-ring (bicyclic) bond motifs is 1. The average Bonchev–Trinajstić information content (AvgIpc) is 2.95. The third-order valence-corrected chi connectivity index (χ3v) is 5.33. The van der Waals surface area contributed by atoms with Crippen LogP contribution >= 0.6 is 0 Å². The van der Waals surface area contributed by atoms with Gasteiger partial charge in [-0.2, -0.15) is 0 Å². The number of carbonyl (C=O) groups is 2. The normalized spacial score (nSPS) is 12.3. The number of halogens is 3. The molecule has 0 radical (unpaired) electrons. The molecule has 3 N–H and O–H groups in total. The molecule has 30 heavy (non-hydrogen) atoms. The summed E-state index contributed by atoms with van der Waals surface area (Å²) in [6, 6.07) is 5.03. The van der Waals surface area contributed by atoms with Crippen molar-refractivity contribution in [1.82, 2.24) is 4.57 Å². The number of aromatic nitrogens is 1. The second-order valence-corrected chi connectivity index (χ2v) is 7.20. The van der Waals surface area contributed by atoms with Crippen LogP contribution in [0.15, 0.2) is 30.3 Å². The highest BCUT2D eigenvalue weighted by Gasteiger charge is 2.26. The molecule has 1 atom stereocenters. The summed E-state index contributed by atoms with van der Waals surface area (Å²) >= 11 is 0. The zero-order valence-electron chi connectivity index (χ0n) is 16.5. The molecule has 3 aromatic rings. The molecule has 0 aliphatic carbocycles. The standard InChI is InChI=1S/C22H21F3N2O3/c1-3-12(5-7-20(26)29)21-11(2)27(18-10-17(25)19(28)9-14(18)21)22(30)13-4-6-15(23)16(24)8-13/h4,6,8-10,12,28H,3,5,7H2,1-2H3,(H2,26,29)/t12-/m0/s1. The van der Waals surface area contributed by atoms with Crippen LogP contribution in [0.3, 0.4) is 0 Å². The molecular weight excluding hydrogens is 397 g/mol. The van der Waals surface area contributed by atoms with Gasteiger partial charge in [-0.05, 0) is 55.5 Å². The number of phenols is 1. The molecule has 0 saturated heterocycles. The van der Waals surface area contributed by atoms with Crippen molar-refractivity contribution < 1.29 is 27.9 Å². The summed E-state index contributed by atoms with van der Waals surface area (Å²) in [6.07, 6.45) is 1.13. The summed E-state index contributed by atoms with van der Waals surface area (Å²) in [5, 5.41) is 10.3. The topological polar surface area (TPSA) is 85.3 Å². The third kappa shape index (κ3) is 3.77. The van der Waals surface area contributed by atoms with Gasteiger partial charge < -0.3 is 10.8 Å². The molecule has 8 heteroatoms. The van der Waals surface area contributed by atoms with E-state index in [9.17, 15) is 27.9 Å². The van der Waals surface area contributed by atoms with Crippen molar-refractivity contribution in [3.05, 3.63) is 64.6 Å². The predicted molar refractivity (Wildman–Crippen MR) is 106 cm³/mol. The lowest BCUT2D eigenvalue weighted by molar-refractivity contribution is -0.118. The van der Waals surface area contributed by atoms with E-state index in [1.54, 1.807) is 6.92 Å². The number of rotatable bonds is 6. The van der Waals surface area contributed by atoms with Gasteiger partial charge >= 0.3 is 0 Å². The third-order valence-electron chi connectivity index (χ3n) is 5.33. The van der Waals surface area contributed by atoms with Gasteiger partial charge in [0, 0.05) is 29.1 Å². The Bertz CT molecular complexity index is 1150. The van der Waals surface area contributed by atoms with Crippen LogP contribution in [0.2, 0.25) is 0 Å². The molecule has 5 nitrogen and oxygen atoms in total. The Labute approximate surface area is 170 Å². The second kappa shape index (κ2) is 8.22. The average molecular weight is 418 g/mol. The molecule has 0 unspecified atom stereocenters. The van der Waals surface area contributed by atoms with E-state index < -0.39 is 35.0 Å². The quantitative estimate of drug-likeness (QED) is 0.617. The fraction of sp³-hybridized carbons (Fsp3) is 0.273. The molecule has 3 rings (SSSR count). The van der Waals surface area contributed by atoms with Gasteiger partial charge in [0.1, 0.15) is 0 Å². The number of primary amides is 1. The molecule has 1 heterocycles. The Morgan fingerprint density at radius 2 is 1.80 bits per heavy atom. The van der Waals surface area contributed by atoms with Gasteiger partial charge in [-0.3, -0.25) is 14.2 Å². The number of phenolic OH excluding ortho intramolecular Hbond substituents is 1. The van der Waals surface area contributed by atoms with E-state index in [1.807, 2.05) is 6.92 Å². The van der Waals surface area contributed by atoms with Gasteiger partial charge in [-0.1, -0.05) is 6.92 Å². The largest absolute Gasteiger partial charge is 0.505 e. The smallest absolute Gasteiger partial charge is 0.262 e. The molecule has 158 valence electrons. The van der Waals surface area contributed by atoms with Crippen LogP contribution in [0.25, 0.3) is 10.9 Å². The lowest BCUT2D eigenvalue weighted by atomic mass is 9.89. The van der Waals surface area contributed by atoms with E-state index >= 15 is 0 Å². The highest BCUT2D eigenvalue weighted by molar-refractivity contribution is 6.04. The zero-order valence-corrected chi connectivity index (χ0v) is 16.5. The Morgan fingerprint density at radius 3 is 2.40 bits per heavy atom. The molecule has 0 spiro atoms. The maximum atomic E-state index is 14.1. The summed E-state index contributed by atoms with van der Waals surface area (Å²) < 4.78 is 42.3. The fourth-order valence-electron chi connectivity index (χ4n) is 3.85. The van der Waals surface area contributed by atoms with Crippen LogP contribution in [0.1, 0.15) is 53.7 Å². The zero-order chi connectivity index (χ0) is 22.2. The summed E-state index contributed by atoms with van der Waals surface area (Å²) in [6.45, 7) is 3.55. The highest BCUT2D eigenvalue weighted by atomic mass is 19.2. The molecule has 0 aliphatic heterocycles. The summed E-state index contributed by atoms with van der Waals surface area (Å²) in [7, 11) is 0. The first-order valence-corrected chi connectivity index (χ1v) is 9.47. The van der Waals surface area contributed by atoms with Crippen LogP contribution < -0.4 is 5.73 Å². The number of hydrogen-bond donors (Lipinski definition) is 2. The first kappa shape index (κ1) is 21.4. The number of aromatic hydroxyl groups is 1. The summed E-state index contributed by atoms with van der Waals surface area (Å²) in [5.41, 5.74) is 6.47. The van der Waals surface area contributed by atoms with Crippen molar-refractivity contribution in [1.29, 1.82) is 0 Å². The minimum Gasteiger partial charge on any atom is -0.505 e. The summed E-state index contributed by atoms with van der Waals surface area (Å²) in [4.78, 5) is 24.4. The number of carbonyl (C=O) groups excluding carboxylic acids is 2. The number of hydrogen-bond acceptors (Lipinski definition) is 3. The van der Waals surface area contributed by atoms with Crippen LogP contribution in [-0.4, -0.2) is 21.5 Å². The van der Waals surface area contributed by atoms with Crippen LogP contribution in [0, 0.1) is 24.4 Å². The SMILES string of the molecule is CC[C@@H](CCC(N)=O)c1c(C)n(C(=O)c2ccc(F)c(F)c2)c2cc(F)c(O)cc12. The van der Waals surface area contributed by atoms with Gasteiger partial charge in [0.15, 0.2) is 23.2 Å². The molecule has 0 bridgehead atoms. The molecule has 0 fully saturated rings. The number of amides is 1. The maximum absolute atomic E-state index is 14.1. The molecule has 1 aromatic heterocycles. The monoisotopic (exact) mass is 418 g/mol. The van der Waals surface area contributed by atoms with Gasteiger partial charge in [-0.25, -0.2) is 13.2 Å². The van der Waals surface area contributed by atoms with E-state index in [1.165, 1.54) is 10.6 Å². The van der Waals surface area contributed by atoms with E-state index in [-0.39, 0.29) is 23.4 Å². The van der Waals surface area contributed by atoms with E-state index in [0.717, 1.165) is 24.3 Å². The Hall–Kier alpha value is -3.29. The molecule has 1 amide bonds. The van der Waals surface area contributed by atoms with E-state index in [0.29, 0.717) is 29.5 Å². The van der Waals surface area contributed by atoms with Crippen molar-refractivity contribution in [2.24, 2.45) is 5.73 Å². The van der Waals surface area contributed by atoms with Crippen molar-refractivity contribution in [2.75, 3.05) is 0 Å². The molecule has 0 aliphatic rings. The van der Waals surface area contributed by atoms with Crippen molar-refractivity contribution in [3.8, 4) is 5.75 Å².